The Balaban J connectivity index is 1.61. The molecule has 4 nitrogen and oxygen atoms in total. The average molecular weight is 357 g/mol. The molecule has 3 aromatic carbocycles. The zero-order valence-electron chi connectivity index (χ0n) is 15.6. The highest BCUT2D eigenvalue weighted by Gasteiger charge is 2.46. The molecular weight excluding hydrogens is 334 g/mol. The third-order valence-corrected chi connectivity index (χ3v) is 5.64. The highest BCUT2D eigenvalue weighted by Crippen LogP contribution is 2.44. The molecule has 2 aliphatic rings. The Kier molecular flexibility index (Phi) is 3.78. The molecule has 2 aliphatic heterocycles. The van der Waals surface area contributed by atoms with Crippen molar-refractivity contribution in [1.29, 1.82) is 0 Å². The van der Waals surface area contributed by atoms with Crippen LogP contribution in [-0.4, -0.2) is 31.8 Å². The summed E-state index contributed by atoms with van der Waals surface area (Å²) >= 11 is 0. The summed E-state index contributed by atoms with van der Waals surface area (Å²) in [4.78, 5) is 7.30. The van der Waals surface area contributed by atoms with E-state index in [0.717, 1.165) is 11.6 Å². The van der Waals surface area contributed by atoms with Crippen LogP contribution >= 0.6 is 0 Å². The van der Waals surface area contributed by atoms with Gasteiger partial charge in [0.25, 0.3) is 0 Å². The van der Waals surface area contributed by atoms with Crippen LogP contribution in [0.3, 0.4) is 0 Å². The van der Waals surface area contributed by atoms with Crippen LogP contribution in [0.4, 0.5) is 11.4 Å². The fourth-order valence-electron chi connectivity index (χ4n) is 4.41. The summed E-state index contributed by atoms with van der Waals surface area (Å²) in [6.45, 7) is 2.65. The van der Waals surface area contributed by atoms with Crippen LogP contribution in [0.15, 0.2) is 71.7 Å². The first-order chi connectivity index (χ1) is 13.3. The van der Waals surface area contributed by atoms with Crippen molar-refractivity contribution in [2.75, 3.05) is 23.9 Å². The van der Waals surface area contributed by atoms with Gasteiger partial charge in [-0.05, 0) is 35.4 Å². The molecule has 0 aliphatic carbocycles. The lowest BCUT2D eigenvalue weighted by atomic mass is 9.89. The minimum Gasteiger partial charge on any atom is -0.481 e. The number of hydrogen-bond acceptors (Lipinski definition) is 4. The molecule has 0 aromatic heterocycles. The molecule has 3 aromatic rings. The van der Waals surface area contributed by atoms with Gasteiger partial charge in [-0.25, -0.2) is 4.99 Å². The van der Waals surface area contributed by atoms with Gasteiger partial charge in [0.05, 0.1) is 29.9 Å². The minimum atomic E-state index is -0.0181. The number of ether oxygens (including phenoxy) is 1. The molecule has 5 rings (SSSR count). The largest absolute Gasteiger partial charge is 0.481 e. The van der Waals surface area contributed by atoms with Gasteiger partial charge in [-0.3, -0.25) is 0 Å². The van der Waals surface area contributed by atoms with Crippen molar-refractivity contribution in [2.45, 2.75) is 25.0 Å². The first-order valence-electron chi connectivity index (χ1n) is 9.54. The molecule has 2 heterocycles. The van der Waals surface area contributed by atoms with Gasteiger partial charge in [-0.2, -0.15) is 0 Å². The third-order valence-electron chi connectivity index (χ3n) is 5.64. The Morgan fingerprint density at radius 3 is 2.44 bits per heavy atom. The number of anilines is 2. The van der Waals surface area contributed by atoms with E-state index in [0.29, 0.717) is 6.61 Å². The second-order valence-corrected chi connectivity index (χ2v) is 7.20. The summed E-state index contributed by atoms with van der Waals surface area (Å²) in [6, 6.07) is 23.7. The highest BCUT2D eigenvalue weighted by atomic mass is 16.5. The Labute approximate surface area is 159 Å². The maximum absolute atomic E-state index is 5.97. The van der Waals surface area contributed by atoms with E-state index in [4.69, 9.17) is 9.73 Å². The molecule has 136 valence electrons. The number of aliphatic imine (C=N–C) groups is 1. The molecule has 27 heavy (non-hydrogen) atoms. The Bertz CT molecular complexity index is 1010. The Morgan fingerprint density at radius 2 is 1.70 bits per heavy atom. The van der Waals surface area contributed by atoms with Gasteiger partial charge in [-0.1, -0.05) is 54.6 Å². The second kappa shape index (κ2) is 6.31. The van der Waals surface area contributed by atoms with Crippen LogP contribution in [0.5, 0.6) is 0 Å². The van der Waals surface area contributed by atoms with Crippen molar-refractivity contribution in [3.63, 3.8) is 0 Å². The molecular formula is C23H23N3O. The number of benzene rings is 3. The van der Waals surface area contributed by atoms with Crippen molar-refractivity contribution in [2.24, 2.45) is 4.99 Å². The number of fused-ring (bicyclic) bond motifs is 3. The van der Waals surface area contributed by atoms with Crippen LogP contribution in [0.25, 0.3) is 10.8 Å². The summed E-state index contributed by atoms with van der Waals surface area (Å²) in [5.74, 6) is 0.948. The van der Waals surface area contributed by atoms with Gasteiger partial charge in [0, 0.05) is 7.05 Å². The third kappa shape index (κ3) is 2.55. The van der Waals surface area contributed by atoms with Crippen molar-refractivity contribution < 1.29 is 4.74 Å². The minimum absolute atomic E-state index is 0.0181. The zero-order chi connectivity index (χ0) is 18.4. The van der Waals surface area contributed by atoms with E-state index in [9.17, 15) is 0 Å². The van der Waals surface area contributed by atoms with Gasteiger partial charge < -0.3 is 15.0 Å². The fourth-order valence-corrected chi connectivity index (χ4v) is 4.41. The first kappa shape index (κ1) is 16.2. The van der Waals surface area contributed by atoms with E-state index in [1.54, 1.807) is 0 Å². The van der Waals surface area contributed by atoms with Crippen molar-refractivity contribution in [1.82, 2.24) is 0 Å². The van der Waals surface area contributed by atoms with Crippen molar-refractivity contribution >= 4 is 28.0 Å². The smallest absolute Gasteiger partial charge is 0.195 e. The van der Waals surface area contributed by atoms with E-state index in [1.807, 2.05) is 6.92 Å². The topological polar surface area (TPSA) is 36.9 Å². The molecule has 3 atom stereocenters. The predicted molar refractivity (Wildman–Crippen MR) is 112 cm³/mol. The van der Waals surface area contributed by atoms with E-state index in [-0.39, 0.29) is 18.1 Å². The number of nitrogens with zero attached hydrogens (tertiary/aromatic N) is 2. The van der Waals surface area contributed by atoms with E-state index < -0.39 is 0 Å². The average Bonchev–Trinajstić information content (AvgIpc) is 3.06. The van der Waals surface area contributed by atoms with E-state index in [2.05, 4.69) is 84.0 Å². The summed E-state index contributed by atoms with van der Waals surface area (Å²) < 4.78 is 5.97. The molecule has 0 saturated heterocycles. The molecule has 0 bridgehead atoms. The van der Waals surface area contributed by atoms with E-state index >= 15 is 0 Å². The Morgan fingerprint density at radius 1 is 1.00 bits per heavy atom. The van der Waals surface area contributed by atoms with Gasteiger partial charge in [-0.15, -0.1) is 0 Å². The molecule has 4 heteroatoms. The van der Waals surface area contributed by atoms with Crippen LogP contribution in [-0.2, 0) is 4.74 Å². The highest BCUT2D eigenvalue weighted by molar-refractivity contribution is 5.95. The normalized spacial score (nSPS) is 23.4. The quantitative estimate of drug-likeness (QED) is 0.727. The number of rotatable bonds is 2. The summed E-state index contributed by atoms with van der Waals surface area (Å²) in [5.41, 5.74) is 3.59. The molecule has 0 amide bonds. The molecule has 0 radical (unpaired) electrons. The van der Waals surface area contributed by atoms with Crippen LogP contribution in [0.1, 0.15) is 18.4 Å². The SMILES string of the molecule is CCOC1=N[C@@H]2Nc3cc4ccccc4cc3N(C)[C@@H]2[C@@H]1c1ccccc1. The maximum Gasteiger partial charge on any atom is 0.195 e. The lowest BCUT2D eigenvalue weighted by Gasteiger charge is -2.40. The Hall–Kier alpha value is -3.01. The van der Waals surface area contributed by atoms with Gasteiger partial charge >= 0.3 is 0 Å². The molecule has 0 fully saturated rings. The maximum atomic E-state index is 5.97. The predicted octanol–water partition coefficient (Wildman–Crippen LogP) is 4.63. The number of hydrogen-bond donors (Lipinski definition) is 1. The van der Waals surface area contributed by atoms with Crippen LogP contribution in [0, 0.1) is 0 Å². The summed E-state index contributed by atoms with van der Waals surface area (Å²) in [6.07, 6.45) is -0.0181. The van der Waals surface area contributed by atoms with Crippen molar-refractivity contribution in [3.8, 4) is 0 Å². The summed E-state index contributed by atoms with van der Waals surface area (Å²) in [5, 5.41) is 6.15. The lowest BCUT2D eigenvalue weighted by Crippen LogP contribution is -2.49. The fraction of sp³-hybridized carbons (Fsp3) is 0.261. The van der Waals surface area contributed by atoms with Crippen molar-refractivity contribution in [3.05, 3.63) is 72.3 Å². The summed E-state index contributed by atoms with van der Waals surface area (Å²) in [7, 11) is 2.17. The zero-order valence-corrected chi connectivity index (χ0v) is 15.6. The molecule has 0 unspecified atom stereocenters. The molecule has 0 saturated carbocycles. The first-order valence-corrected chi connectivity index (χ1v) is 9.54. The monoisotopic (exact) mass is 357 g/mol. The second-order valence-electron chi connectivity index (χ2n) is 7.20. The molecule has 1 N–H and O–H groups in total. The molecule has 0 spiro atoms. The standard InChI is InChI=1S/C23H23N3O/c1-3-27-23-20(15-9-5-4-6-10-15)21-22(25-23)24-18-13-16-11-7-8-12-17(16)14-19(18)26(21)2/h4-14,20-22,24H,3H2,1-2H3/t20-,21+,22-/m0/s1. The van der Waals surface area contributed by atoms with Crippen LogP contribution < -0.4 is 10.2 Å². The van der Waals surface area contributed by atoms with E-state index in [1.165, 1.54) is 22.0 Å². The van der Waals surface area contributed by atoms with Gasteiger partial charge in [0.15, 0.2) is 5.90 Å². The lowest BCUT2D eigenvalue weighted by molar-refractivity contribution is 0.313. The van der Waals surface area contributed by atoms with Gasteiger partial charge in [0.2, 0.25) is 0 Å². The number of nitrogens with one attached hydrogen (secondary N) is 1. The number of likely N-dealkylation sites (N-methyl/N-ethyl adjacent to an activating group) is 1. The van der Waals surface area contributed by atoms with Crippen LogP contribution in [0.2, 0.25) is 0 Å². The van der Waals surface area contributed by atoms with Gasteiger partial charge in [0.1, 0.15) is 6.17 Å².